The molecular formula is C31H27N3O6S. The van der Waals surface area contributed by atoms with Crippen LogP contribution in [0.4, 0.5) is 17.1 Å². The van der Waals surface area contributed by atoms with Crippen LogP contribution in [0.15, 0.2) is 76.6 Å². The molecule has 2 heterocycles. The van der Waals surface area contributed by atoms with E-state index in [4.69, 9.17) is 14.5 Å². The summed E-state index contributed by atoms with van der Waals surface area (Å²) in [6, 6.07) is 18.6. The van der Waals surface area contributed by atoms with Crippen LogP contribution >= 0.6 is 11.8 Å². The molecule has 3 aromatic rings. The predicted octanol–water partition coefficient (Wildman–Crippen LogP) is 5.50. The fraction of sp³-hybridized carbons (Fsp3) is 0.194. The molecular weight excluding hydrogens is 542 g/mol. The van der Waals surface area contributed by atoms with Gasteiger partial charge in [-0.3, -0.25) is 14.5 Å². The lowest BCUT2D eigenvalue weighted by atomic mass is 10.0. The highest BCUT2D eigenvalue weighted by Gasteiger charge is 2.42. The first-order chi connectivity index (χ1) is 19.7. The second-order valence-electron chi connectivity index (χ2n) is 9.26. The zero-order valence-corrected chi connectivity index (χ0v) is 23.8. The predicted molar refractivity (Wildman–Crippen MR) is 158 cm³/mol. The van der Waals surface area contributed by atoms with Crippen molar-refractivity contribution in [1.29, 1.82) is 0 Å². The van der Waals surface area contributed by atoms with Crippen LogP contribution in [0, 0.1) is 6.92 Å². The molecule has 2 amide bonds. The largest absolute Gasteiger partial charge is 0.462 e. The fourth-order valence-corrected chi connectivity index (χ4v) is 5.63. The number of benzene rings is 3. The van der Waals surface area contributed by atoms with Gasteiger partial charge in [-0.25, -0.2) is 14.6 Å². The summed E-state index contributed by atoms with van der Waals surface area (Å²) < 4.78 is 10.1. The van der Waals surface area contributed by atoms with Gasteiger partial charge in [-0.15, -0.1) is 0 Å². The van der Waals surface area contributed by atoms with Gasteiger partial charge in [0.2, 0.25) is 0 Å². The van der Waals surface area contributed by atoms with E-state index in [-0.39, 0.29) is 24.0 Å². The van der Waals surface area contributed by atoms with Crippen molar-refractivity contribution >= 4 is 63.3 Å². The number of carbonyl (C=O) groups excluding carboxylic acids is 4. The number of hydrogen-bond donors (Lipinski definition) is 0. The van der Waals surface area contributed by atoms with E-state index in [1.807, 2.05) is 25.1 Å². The molecule has 0 atom stereocenters. The SMILES string of the molecule is CCOC(=O)c1ccc(N=C2SC(=C3C(=O)N(C)c4ccc(C)cc43)C(=O)N2c2ccc(C(=O)OCC)cc2)cc1. The van der Waals surface area contributed by atoms with Gasteiger partial charge >= 0.3 is 11.9 Å². The van der Waals surface area contributed by atoms with Crippen LogP contribution in [0.1, 0.15) is 45.7 Å². The first-order valence-corrected chi connectivity index (χ1v) is 13.8. The third-order valence-corrected chi connectivity index (χ3v) is 7.59. The van der Waals surface area contributed by atoms with Crippen molar-refractivity contribution in [3.63, 3.8) is 0 Å². The van der Waals surface area contributed by atoms with Crippen molar-refractivity contribution in [2.75, 3.05) is 30.1 Å². The second kappa shape index (κ2) is 11.4. The molecule has 0 spiro atoms. The second-order valence-corrected chi connectivity index (χ2v) is 10.2. The topological polar surface area (TPSA) is 106 Å². The first kappa shape index (κ1) is 27.9. The average molecular weight is 570 g/mol. The number of amides is 2. The third kappa shape index (κ3) is 5.26. The number of likely N-dealkylation sites (N-methyl/N-ethyl adjacent to an activating group) is 1. The molecule has 10 heteroatoms. The number of fused-ring (bicyclic) bond motifs is 1. The van der Waals surface area contributed by atoms with Gasteiger partial charge in [0.1, 0.15) is 0 Å². The standard InChI is InChI=1S/C31H27N3O6S/c1-5-39-29(37)19-8-12-21(13-9-19)32-31-34(22-14-10-20(11-15-22)30(38)40-6-2)28(36)26(41-31)25-23-17-18(3)7-16-24(23)33(4)27(25)35/h7-17H,5-6H2,1-4H3. The maximum Gasteiger partial charge on any atom is 0.338 e. The maximum atomic E-state index is 14.0. The van der Waals surface area contributed by atoms with Crippen LogP contribution in [-0.4, -0.2) is 49.2 Å². The van der Waals surface area contributed by atoms with Crippen LogP contribution < -0.4 is 9.80 Å². The van der Waals surface area contributed by atoms with Crippen molar-refractivity contribution in [1.82, 2.24) is 0 Å². The van der Waals surface area contributed by atoms with E-state index in [0.717, 1.165) is 23.0 Å². The molecule has 5 rings (SSSR count). The summed E-state index contributed by atoms with van der Waals surface area (Å²) in [4.78, 5) is 59.6. The number of rotatable bonds is 6. The Morgan fingerprint density at radius 2 is 1.41 bits per heavy atom. The Balaban J connectivity index is 1.60. The average Bonchev–Trinajstić information content (AvgIpc) is 3.40. The lowest BCUT2D eigenvalue weighted by Gasteiger charge is -2.16. The third-order valence-electron chi connectivity index (χ3n) is 6.55. The Hall–Kier alpha value is -4.70. The van der Waals surface area contributed by atoms with Gasteiger partial charge in [-0.05, 0) is 93.2 Å². The van der Waals surface area contributed by atoms with E-state index in [0.29, 0.717) is 38.8 Å². The molecule has 9 nitrogen and oxygen atoms in total. The highest BCUT2D eigenvalue weighted by molar-refractivity contribution is 8.19. The summed E-state index contributed by atoms with van der Waals surface area (Å²) in [7, 11) is 1.68. The van der Waals surface area contributed by atoms with E-state index in [1.54, 1.807) is 69.4 Å². The molecule has 0 unspecified atom stereocenters. The molecule has 0 aromatic heterocycles. The molecule has 0 radical (unpaired) electrons. The van der Waals surface area contributed by atoms with E-state index in [9.17, 15) is 19.2 Å². The van der Waals surface area contributed by atoms with Crippen LogP contribution in [0.2, 0.25) is 0 Å². The molecule has 0 aliphatic carbocycles. The smallest absolute Gasteiger partial charge is 0.338 e. The molecule has 2 aliphatic rings. The molecule has 0 saturated carbocycles. The molecule has 1 saturated heterocycles. The molecule has 1 fully saturated rings. The number of aliphatic imine (C=N–C) groups is 1. The summed E-state index contributed by atoms with van der Waals surface area (Å²) in [6.07, 6.45) is 0. The minimum absolute atomic E-state index is 0.244. The first-order valence-electron chi connectivity index (χ1n) is 13.0. The summed E-state index contributed by atoms with van der Waals surface area (Å²) >= 11 is 1.10. The van der Waals surface area contributed by atoms with E-state index in [2.05, 4.69) is 0 Å². The molecule has 0 N–H and O–H groups in total. The zero-order chi connectivity index (χ0) is 29.3. The summed E-state index contributed by atoms with van der Waals surface area (Å²) in [5.41, 5.74) is 4.38. The van der Waals surface area contributed by atoms with E-state index >= 15 is 0 Å². The minimum atomic E-state index is -0.467. The van der Waals surface area contributed by atoms with Crippen LogP contribution in [0.5, 0.6) is 0 Å². The van der Waals surface area contributed by atoms with Gasteiger partial charge in [0.25, 0.3) is 11.8 Å². The van der Waals surface area contributed by atoms with Gasteiger partial charge in [0, 0.05) is 12.6 Å². The number of ether oxygens (including phenoxy) is 2. The highest BCUT2D eigenvalue weighted by atomic mass is 32.2. The lowest BCUT2D eigenvalue weighted by Crippen LogP contribution is -2.29. The number of carbonyl (C=O) groups is 4. The zero-order valence-electron chi connectivity index (χ0n) is 23.0. The van der Waals surface area contributed by atoms with Crippen molar-refractivity contribution in [2.24, 2.45) is 4.99 Å². The molecule has 2 aliphatic heterocycles. The van der Waals surface area contributed by atoms with E-state index < -0.39 is 17.8 Å². The molecule has 41 heavy (non-hydrogen) atoms. The monoisotopic (exact) mass is 569 g/mol. The summed E-state index contributed by atoms with van der Waals surface area (Å²) in [6.45, 7) is 5.90. The number of hydrogen-bond acceptors (Lipinski definition) is 8. The normalized spacial score (nSPS) is 17.3. The summed E-state index contributed by atoms with van der Waals surface area (Å²) in [5.74, 6) is -1.60. The van der Waals surface area contributed by atoms with Gasteiger partial charge in [0.15, 0.2) is 5.17 Å². The molecule has 208 valence electrons. The van der Waals surface area contributed by atoms with Gasteiger partial charge in [0.05, 0.1) is 51.9 Å². The number of thioether (sulfide) groups is 1. The Kier molecular flexibility index (Phi) is 7.76. The number of amidine groups is 1. The number of aryl methyl sites for hydroxylation is 1. The van der Waals surface area contributed by atoms with Crippen LogP contribution in [0.25, 0.3) is 5.57 Å². The van der Waals surface area contributed by atoms with Gasteiger partial charge < -0.3 is 14.4 Å². The molecule has 3 aromatic carbocycles. The van der Waals surface area contributed by atoms with Crippen molar-refractivity contribution in [3.05, 3.63) is 93.9 Å². The Morgan fingerprint density at radius 3 is 2.00 bits per heavy atom. The summed E-state index contributed by atoms with van der Waals surface area (Å²) in [5, 5.41) is 0.321. The number of esters is 2. The van der Waals surface area contributed by atoms with Crippen molar-refractivity contribution in [2.45, 2.75) is 20.8 Å². The fourth-order valence-electron chi connectivity index (χ4n) is 4.54. The molecule has 0 bridgehead atoms. The lowest BCUT2D eigenvalue weighted by molar-refractivity contribution is -0.115. The van der Waals surface area contributed by atoms with Crippen LogP contribution in [0.3, 0.4) is 0 Å². The Bertz CT molecular complexity index is 1630. The van der Waals surface area contributed by atoms with Crippen molar-refractivity contribution < 1.29 is 28.7 Å². The Labute approximate surface area is 241 Å². The Morgan fingerprint density at radius 1 is 0.829 bits per heavy atom. The van der Waals surface area contributed by atoms with E-state index in [1.165, 1.54) is 9.80 Å². The van der Waals surface area contributed by atoms with Crippen molar-refractivity contribution in [3.8, 4) is 0 Å². The maximum absolute atomic E-state index is 14.0. The number of nitrogens with zero attached hydrogens (tertiary/aromatic N) is 3. The van der Waals surface area contributed by atoms with Gasteiger partial charge in [-0.1, -0.05) is 11.6 Å². The highest BCUT2D eigenvalue weighted by Crippen LogP contribution is 2.45. The quantitative estimate of drug-likeness (QED) is 0.285. The van der Waals surface area contributed by atoms with Crippen LogP contribution in [-0.2, 0) is 19.1 Å². The minimum Gasteiger partial charge on any atom is -0.462 e. The number of anilines is 2. The van der Waals surface area contributed by atoms with Gasteiger partial charge in [-0.2, -0.15) is 0 Å².